The van der Waals surface area contributed by atoms with E-state index in [9.17, 15) is 5.11 Å². The number of aromatic nitrogens is 1. The van der Waals surface area contributed by atoms with Gasteiger partial charge in [-0.05, 0) is 17.7 Å². The maximum absolute atomic E-state index is 10.2. The van der Waals surface area contributed by atoms with E-state index in [4.69, 9.17) is 11.6 Å². The number of aliphatic hydroxyl groups is 1. The Kier molecular flexibility index (Phi) is 4.29. The molecule has 0 amide bonds. The molecule has 1 aromatic heterocycles. The van der Waals surface area contributed by atoms with Gasteiger partial charge in [0.15, 0.2) is 0 Å². The van der Waals surface area contributed by atoms with Crippen LogP contribution in [0.3, 0.4) is 0 Å². The standard InChI is InChI=1S/C15H18ClNOS/c1-15(2,3)14-17-12(9-19-14)13(18)8-10-4-6-11(16)7-5-10/h4-7,9,13,18H,8H2,1-3H3. The zero-order chi connectivity index (χ0) is 14.0. The lowest BCUT2D eigenvalue weighted by molar-refractivity contribution is 0.174. The summed E-state index contributed by atoms with van der Waals surface area (Å²) in [5, 5.41) is 13.9. The third-order valence-electron chi connectivity index (χ3n) is 2.85. The van der Waals surface area contributed by atoms with Crippen molar-refractivity contribution in [2.45, 2.75) is 38.7 Å². The van der Waals surface area contributed by atoms with E-state index in [0.717, 1.165) is 16.3 Å². The molecule has 1 N–H and O–H groups in total. The molecular weight excluding hydrogens is 278 g/mol. The van der Waals surface area contributed by atoms with Gasteiger partial charge >= 0.3 is 0 Å². The second-order valence-corrected chi connectivity index (χ2v) is 6.97. The predicted molar refractivity (Wildman–Crippen MR) is 80.9 cm³/mol. The second kappa shape index (κ2) is 5.61. The topological polar surface area (TPSA) is 33.1 Å². The molecule has 1 atom stereocenters. The summed E-state index contributed by atoms with van der Waals surface area (Å²) in [5.74, 6) is 0. The van der Waals surface area contributed by atoms with Crippen LogP contribution in [-0.4, -0.2) is 10.1 Å². The minimum Gasteiger partial charge on any atom is -0.386 e. The van der Waals surface area contributed by atoms with Gasteiger partial charge in [-0.25, -0.2) is 4.98 Å². The number of aliphatic hydroxyl groups excluding tert-OH is 1. The van der Waals surface area contributed by atoms with Gasteiger partial charge in [-0.2, -0.15) is 0 Å². The van der Waals surface area contributed by atoms with Gasteiger partial charge in [0.05, 0.1) is 10.7 Å². The molecular formula is C15H18ClNOS. The molecule has 0 fully saturated rings. The fourth-order valence-electron chi connectivity index (χ4n) is 1.73. The fourth-order valence-corrected chi connectivity index (χ4v) is 2.81. The highest BCUT2D eigenvalue weighted by Gasteiger charge is 2.20. The maximum Gasteiger partial charge on any atom is 0.101 e. The molecule has 4 heteroatoms. The van der Waals surface area contributed by atoms with Crippen LogP contribution in [0.25, 0.3) is 0 Å². The molecule has 1 heterocycles. The second-order valence-electron chi connectivity index (χ2n) is 5.67. The summed E-state index contributed by atoms with van der Waals surface area (Å²) in [6, 6.07) is 7.54. The van der Waals surface area contributed by atoms with Gasteiger partial charge in [0.25, 0.3) is 0 Å². The maximum atomic E-state index is 10.2. The summed E-state index contributed by atoms with van der Waals surface area (Å²) in [6.07, 6.45) is -0.00155. The van der Waals surface area contributed by atoms with E-state index >= 15 is 0 Å². The molecule has 2 rings (SSSR count). The van der Waals surface area contributed by atoms with Crippen LogP contribution in [-0.2, 0) is 11.8 Å². The Bertz CT molecular complexity index is 542. The molecule has 1 unspecified atom stereocenters. The SMILES string of the molecule is CC(C)(C)c1nc(C(O)Cc2ccc(Cl)cc2)cs1. The summed E-state index contributed by atoms with van der Waals surface area (Å²) in [5.41, 5.74) is 1.84. The van der Waals surface area contributed by atoms with Gasteiger partial charge in [-0.15, -0.1) is 11.3 Å². The first-order chi connectivity index (χ1) is 8.86. The van der Waals surface area contributed by atoms with E-state index in [1.54, 1.807) is 11.3 Å². The fraction of sp³-hybridized carbons (Fsp3) is 0.400. The molecule has 0 saturated carbocycles. The van der Waals surface area contributed by atoms with Gasteiger partial charge in [0.1, 0.15) is 6.10 Å². The van der Waals surface area contributed by atoms with Crippen molar-refractivity contribution in [3.8, 4) is 0 Å². The predicted octanol–water partition coefficient (Wildman–Crippen LogP) is 4.37. The highest BCUT2D eigenvalue weighted by atomic mass is 35.5. The van der Waals surface area contributed by atoms with Crippen molar-refractivity contribution in [2.75, 3.05) is 0 Å². The molecule has 0 radical (unpaired) electrons. The average Bonchev–Trinajstić information content (AvgIpc) is 2.81. The molecule has 1 aromatic carbocycles. The molecule has 0 spiro atoms. The molecule has 102 valence electrons. The third-order valence-corrected chi connectivity index (χ3v) is 4.39. The van der Waals surface area contributed by atoms with Crippen molar-refractivity contribution in [2.24, 2.45) is 0 Å². The molecule has 0 aliphatic carbocycles. The minimum atomic E-state index is -0.562. The number of hydrogen-bond acceptors (Lipinski definition) is 3. The quantitative estimate of drug-likeness (QED) is 0.912. The lowest BCUT2D eigenvalue weighted by Gasteiger charge is -2.14. The van der Waals surface area contributed by atoms with Crippen LogP contribution < -0.4 is 0 Å². The highest BCUT2D eigenvalue weighted by molar-refractivity contribution is 7.09. The molecule has 0 bridgehead atoms. The van der Waals surface area contributed by atoms with Gasteiger partial charge < -0.3 is 5.11 Å². The minimum absolute atomic E-state index is 0.0307. The molecule has 2 nitrogen and oxygen atoms in total. The third kappa shape index (κ3) is 3.78. The lowest BCUT2D eigenvalue weighted by atomic mass is 9.98. The van der Waals surface area contributed by atoms with Gasteiger partial charge in [0, 0.05) is 22.2 Å². The van der Waals surface area contributed by atoms with Crippen molar-refractivity contribution in [1.29, 1.82) is 0 Å². The Morgan fingerprint density at radius 2 is 1.89 bits per heavy atom. The number of halogens is 1. The first-order valence-corrected chi connectivity index (χ1v) is 7.50. The molecule has 19 heavy (non-hydrogen) atoms. The monoisotopic (exact) mass is 295 g/mol. The van der Waals surface area contributed by atoms with E-state index in [1.807, 2.05) is 29.6 Å². The van der Waals surface area contributed by atoms with Crippen LogP contribution in [0, 0.1) is 0 Å². The molecule has 0 saturated heterocycles. The van der Waals surface area contributed by atoms with Crippen molar-refractivity contribution in [1.82, 2.24) is 4.98 Å². The van der Waals surface area contributed by atoms with Crippen molar-refractivity contribution in [3.63, 3.8) is 0 Å². The Hall–Kier alpha value is -0.900. The summed E-state index contributed by atoms with van der Waals surface area (Å²) in [7, 11) is 0. The van der Waals surface area contributed by atoms with Gasteiger partial charge in [-0.3, -0.25) is 0 Å². The Morgan fingerprint density at radius 1 is 1.26 bits per heavy atom. The van der Waals surface area contributed by atoms with E-state index in [2.05, 4.69) is 25.8 Å². The first-order valence-electron chi connectivity index (χ1n) is 6.24. The molecule has 0 aliphatic rings. The van der Waals surface area contributed by atoms with Crippen LogP contribution in [0.4, 0.5) is 0 Å². The van der Waals surface area contributed by atoms with E-state index in [-0.39, 0.29) is 5.41 Å². The van der Waals surface area contributed by atoms with Crippen LogP contribution in [0.1, 0.15) is 43.1 Å². The smallest absolute Gasteiger partial charge is 0.101 e. The Labute approximate surface area is 123 Å². The summed E-state index contributed by atoms with van der Waals surface area (Å²) in [6.45, 7) is 6.38. The number of thiazole rings is 1. The van der Waals surface area contributed by atoms with Crippen molar-refractivity contribution < 1.29 is 5.11 Å². The number of rotatable bonds is 3. The van der Waals surface area contributed by atoms with E-state index in [1.165, 1.54) is 0 Å². The van der Waals surface area contributed by atoms with E-state index in [0.29, 0.717) is 11.4 Å². The van der Waals surface area contributed by atoms with Gasteiger partial charge in [-0.1, -0.05) is 44.5 Å². The van der Waals surface area contributed by atoms with Gasteiger partial charge in [0.2, 0.25) is 0 Å². The van der Waals surface area contributed by atoms with Crippen LogP contribution >= 0.6 is 22.9 Å². The first kappa shape index (κ1) is 14.5. The average molecular weight is 296 g/mol. The largest absolute Gasteiger partial charge is 0.386 e. The van der Waals surface area contributed by atoms with Crippen LogP contribution in [0.5, 0.6) is 0 Å². The Balaban J connectivity index is 2.09. The van der Waals surface area contributed by atoms with Crippen molar-refractivity contribution >= 4 is 22.9 Å². The lowest BCUT2D eigenvalue weighted by Crippen LogP contribution is -2.11. The van der Waals surface area contributed by atoms with E-state index < -0.39 is 6.10 Å². The molecule has 2 aromatic rings. The summed E-state index contributed by atoms with van der Waals surface area (Å²) in [4.78, 5) is 4.54. The number of nitrogens with zero attached hydrogens (tertiary/aromatic N) is 1. The normalized spacial score (nSPS) is 13.5. The zero-order valence-corrected chi connectivity index (χ0v) is 12.9. The number of benzene rings is 1. The Morgan fingerprint density at radius 3 is 2.42 bits per heavy atom. The zero-order valence-electron chi connectivity index (χ0n) is 11.4. The van der Waals surface area contributed by atoms with Crippen LogP contribution in [0.15, 0.2) is 29.6 Å². The summed E-state index contributed by atoms with van der Waals surface area (Å²) < 4.78 is 0. The summed E-state index contributed by atoms with van der Waals surface area (Å²) >= 11 is 7.45. The highest BCUT2D eigenvalue weighted by Crippen LogP contribution is 2.28. The van der Waals surface area contributed by atoms with Crippen LogP contribution in [0.2, 0.25) is 5.02 Å². The molecule has 0 aliphatic heterocycles. The number of hydrogen-bond donors (Lipinski definition) is 1. The van der Waals surface area contributed by atoms with Crippen molar-refractivity contribution in [3.05, 3.63) is 50.9 Å².